The number of para-hydroxylation sites is 1. The van der Waals surface area contributed by atoms with Gasteiger partial charge in [-0.15, -0.1) is 21.5 Å². The van der Waals surface area contributed by atoms with E-state index in [9.17, 15) is 4.79 Å². The maximum absolute atomic E-state index is 15.2. The maximum atomic E-state index is 15.2. The van der Waals surface area contributed by atoms with E-state index in [-0.39, 0.29) is 29.2 Å². The van der Waals surface area contributed by atoms with Crippen LogP contribution in [0.25, 0.3) is 10.2 Å². The van der Waals surface area contributed by atoms with Gasteiger partial charge in [0.2, 0.25) is 0 Å². The Morgan fingerprint density at radius 1 is 0.880 bits per heavy atom. The number of hydrogen-bond donors (Lipinski definition) is 1. The third-order valence-corrected chi connectivity index (χ3v) is 23.4. The fraction of sp³-hybridized carbons (Fsp3) is 0.453. The predicted octanol–water partition coefficient (Wildman–Crippen LogP) is 11.4. The Morgan fingerprint density at radius 3 is 2.22 bits per heavy atom. The van der Waals surface area contributed by atoms with Gasteiger partial charge in [-0.1, -0.05) is 150 Å². The molecule has 3 heterocycles. The van der Waals surface area contributed by atoms with Crippen LogP contribution in [0.15, 0.2) is 114 Å². The number of methoxy groups -OCH3 is 1. The molecule has 0 aliphatic rings. The van der Waals surface area contributed by atoms with Gasteiger partial charge in [-0.25, -0.2) is 14.2 Å². The topological polar surface area (TPSA) is 132 Å². The van der Waals surface area contributed by atoms with Crippen LogP contribution in [0.5, 0.6) is 5.75 Å². The Labute approximate surface area is 502 Å². The van der Waals surface area contributed by atoms with Gasteiger partial charge in [0.05, 0.1) is 36.6 Å². The second-order valence-corrected chi connectivity index (χ2v) is 35.2. The smallest absolute Gasteiger partial charge is 0.357 e. The molecule has 3 aromatic heterocycles. The molecule has 7 aromatic rings. The van der Waals surface area contributed by atoms with Crippen molar-refractivity contribution in [3.8, 4) is 17.6 Å². The molecule has 0 bridgehead atoms. The predicted molar refractivity (Wildman–Crippen MR) is 344 cm³/mol. The summed E-state index contributed by atoms with van der Waals surface area (Å²) in [6.45, 7) is 27.1. The molecule has 19 heteroatoms. The minimum atomic E-state index is -2.97. The molecule has 0 saturated carbocycles. The van der Waals surface area contributed by atoms with Gasteiger partial charge in [-0.2, -0.15) is 4.99 Å². The highest BCUT2D eigenvalue weighted by Crippen LogP contribution is 2.39. The van der Waals surface area contributed by atoms with E-state index in [0.29, 0.717) is 81.0 Å². The molecule has 0 saturated heterocycles. The Bertz CT molecular complexity index is 3270. The first kappa shape index (κ1) is 64.6. The molecule has 0 aliphatic carbocycles. The highest BCUT2D eigenvalue weighted by molar-refractivity contribution is 7.16. The summed E-state index contributed by atoms with van der Waals surface area (Å²) in [5.41, 5.74) is 2.65. The number of fused-ring (bicyclic) bond motifs is 1. The lowest BCUT2D eigenvalue weighted by molar-refractivity contribution is 0.0593. The number of rotatable bonds is 30. The minimum absolute atomic E-state index is 0.140. The van der Waals surface area contributed by atoms with Crippen LogP contribution in [-0.4, -0.2) is 138 Å². The molecule has 444 valence electrons. The van der Waals surface area contributed by atoms with Crippen molar-refractivity contribution in [3.63, 3.8) is 0 Å². The Balaban J connectivity index is 1.23. The van der Waals surface area contributed by atoms with Gasteiger partial charge < -0.3 is 33.8 Å². The SMILES string of the molecule is CCN(CC)CCNCC(CCCN(c1cc(C)c(N=c2sc3ccccc3n2COCC[Si](C)(C)C)nn1)c1nc(C(=O)OC)c(CCCOc2ccc(C#CCN(C)C)cc2F)s1)O[Si](c1ccccc1)(c1ccccc1)C(C)(C)C. The summed E-state index contributed by atoms with van der Waals surface area (Å²) in [4.78, 5) is 31.7. The van der Waals surface area contributed by atoms with Crippen molar-refractivity contribution in [2.75, 3.05) is 85.1 Å². The molecule has 0 radical (unpaired) electrons. The van der Waals surface area contributed by atoms with E-state index in [1.54, 1.807) is 23.5 Å². The summed E-state index contributed by atoms with van der Waals surface area (Å²) >= 11 is 2.99. The maximum Gasteiger partial charge on any atom is 0.357 e. The van der Waals surface area contributed by atoms with Crippen LogP contribution in [0.3, 0.4) is 0 Å². The first-order valence-electron chi connectivity index (χ1n) is 29.0. The Kier molecular flexibility index (Phi) is 23.9. The second-order valence-electron chi connectivity index (χ2n) is 23.3. The number of likely N-dealkylation sites (N-methyl/N-ethyl adjacent to an activating group) is 1. The molecule has 14 nitrogen and oxygen atoms in total. The lowest BCUT2D eigenvalue weighted by Gasteiger charge is -2.45. The number of nitrogens with zero attached hydrogens (tertiary/aromatic N) is 8. The lowest BCUT2D eigenvalue weighted by Crippen LogP contribution is -2.68. The van der Waals surface area contributed by atoms with Crippen LogP contribution >= 0.6 is 22.7 Å². The van der Waals surface area contributed by atoms with Gasteiger partial charge in [0.25, 0.3) is 8.32 Å². The van der Waals surface area contributed by atoms with E-state index in [1.165, 1.54) is 34.9 Å². The number of thiazole rings is 2. The number of ether oxygens (including phenoxy) is 3. The van der Waals surface area contributed by atoms with Crippen molar-refractivity contribution < 1.29 is 27.8 Å². The number of nitrogens with one attached hydrogen (secondary N) is 1. The molecule has 0 spiro atoms. The zero-order valence-electron chi connectivity index (χ0n) is 50.9. The van der Waals surface area contributed by atoms with E-state index in [1.807, 2.05) is 44.1 Å². The van der Waals surface area contributed by atoms with Crippen molar-refractivity contribution >= 4 is 82.4 Å². The Morgan fingerprint density at radius 2 is 1.58 bits per heavy atom. The summed E-state index contributed by atoms with van der Waals surface area (Å²) in [5, 5.41) is 16.3. The largest absolute Gasteiger partial charge is 0.491 e. The van der Waals surface area contributed by atoms with Gasteiger partial charge in [-0.3, -0.25) is 9.47 Å². The van der Waals surface area contributed by atoms with Crippen molar-refractivity contribution in [3.05, 3.63) is 142 Å². The normalized spacial score (nSPS) is 12.7. The van der Waals surface area contributed by atoms with Crippen LogP contribution in [0.4, 0.5) is 21.2 Å². The van der Waals surface area contributed by atoms with E-state index in [0.717, 1.165) is 57.7 Å². The van der Waals surface area contributed by atoms with Gasteiger partial charge in [-0.05, 0) is 123 Å². The summed E-state index contributed by atoms with van der Waals surface area (Å²) in [5.74, 6) is 6.21. The third kappa shape index (κ3) is 17.8. The summed E-state index contributed by atoms with van der Waals surface area (Å²) in [7, 11) is 0.966. The van der Waals surface area contributed by atoms with Crippen LogP contribution < -0.4 is 30.1 Å². The number of benzene rings is 4. The molecule has 0 aliphatic heterocycles. The quantitative estimate of drug-likeness (QED) is 0.0199. The van der Waals surface area contributed by atoms with E-state index in [2.05, 4.69) is 159 Å². The highest BCUT2D eigenvalue weighted by atomic mass is 32.1. The molecule has 0 amide bonds. The van der Waals surface area contributed by atoms with E-state index < -0.39 is 28.2 Å². The van der Waals surface area contributed by atoms with Gasteiger partial charge in [0, 0.05) is 51.3 Å². The summed E-state index contributed by atoms with van der Waals surface area (Å²) in [6.07, 6.45) is 2.10. The fourth-order valence-electron chi connectivity index (χ4n) is 9.82. The van der Waals surface area contributed by atoms with Crippen molar-refractivity contribution in [2.24, 2.45) is 4.99 Å². The zero-order valence-corrected chi connectivity index (χ0v) is 54.5. The Hall–Kier alpha value is -5.93. The fourth-order valence-corrected chi connectivity index (χ4v) is 17.4. The molecule has 1 atom stereocenters. The summed E-state index contributed by atoms with van der Waals surface area (Å²) < 4.78 is 43.9. The zero-order chi connectivity index (χ0) is 59.6. The number of esters is 1. The molecule has 0 fully saturated rings. The number of carbonyl (C=O) groups is 1. The molecule has 83 heavy (non-hydrogen) atoms. The van der Waals surface area contributed by atoms with Gasteiger partial charge in [0.15, 0.2) is 38.8 Å². The van der Waals surface area contributed by atoms with Gasteiger partial charge >= 0.3 is 5.97 Å². The average Bonchev–Trinajstić information content (AvgIpc) is 2.69. The first-order chi connectivity index (χ1) is 39.8. The highest BCUT2D eigenvalue weighted by Gasteiger charge is 2.51. The average molecular weight is 1200 g/mol. The number of hydrogen-bond acceptors (Lipinski definition) is 15. The number of halogens is 1. The number of aryl methyl sites for hydroxylation is 2. The summed E-state index contributed by atoms with van der Waals surface area (Å²) in [6, 6.07) is 37.7. The minimum Gasteiger partial charge on any atom is -0.491 e. The van der Waals surface area contributed by atoms with Crippen LogP contribution in [0.2, 0.25) is 30.7 Å². The third-order valence-electron chi connectivity index (χ3n) is 14.4. The molecular weight excluding hydrogens is 1110 g/mol. The number of carbonyl (C=O) groups excluding carboxylic acids is 1. The van der Waals surface area contributed by atoms with Crippen LogP contribution in [0.1, 0.15) is 80.4 Å². The monoisotopic (exact) mass is 1200 g/mol. The van der Waals surface area contributed by atoms with E-state index in [4.69, 9.17) is 38.8 Å². The molecular formula is C64H86FN9O5S2Si2. The van der Waals surface area contributed by atoms with E-state index >= 15 is 4.39 Å². The molecule has 1 unspecified atom stereocenters. The molecule has 7 rings (SSSR count). The first-order valence-corrected chi connectivity index (χ1v) is 36.3. The molecule has 1 N–H and O–H groups in total. The van der Waals surface area contributed by atoms with Crippen molar-refractivity contribution in [2.45, 2.75) is 111 Å². The van der Waals surface area contributed by atoms with Crippen molar-refractivity contribution in [1.82, 2.24) is 34.9 Å². The van der Waals surface area contributed by atoms with Crippen LogP contribution in [0, 0.1) is 24.6 Å². The van der Waals surface area contributed by atoms with Gasteiger partial charge in [0.1, 0.15) is 6.73 Å². The number of anilines is 2. The van der Waals surface area contributed by atoms with Crippen molar-refractivity contribution in [1.29, 1.82) is 0 Å². The lowest BCUT2D eigenvalue weighted by atomic mass is 10.2. The standard InChI is InChI=1S/C64H86FN9O5S2Si2/c1-13-72(14-2)40-37-66-46-50(79-83(64(4,5)6,51-28-17-15-18-29-51)52-30-19-16-20-31-52)27-24-39-73(58-44-48(3)60(70-69-58)68-63-74(47-77-42-43-82(10,11)12)54-32-21-22-33-56(54)80-63)62-67-59(61(75)76-9)57(81-62)34-25-41-78-55-36-35-49(45-53(55)65)26-23-38-71(7)8/h15-22,28-33,35-36,44-45,50,66H,13-14,24-25,27,34,37-43,46-47H2,1-12H3. The number of aromatic nitrogens is 4. The van der Waals surface area contributed by atoms with Crippen LogP contribution in [-0.2, 0) is 27.1 Å². The molecule has 4 aromatic carbocycles. The second kappa shape index (κ2) is 30.8.